The van der Waals surface area contributed by atoms with Crippen LogP contribution < -0.4 is 4.74 Å². The molecule has 2 aromatic carbocycles. The first-order valence-electron chi connectivity index (χ1n) is 10.2. The zero-order chi connectivity index (χ0) is 22.4. The number of nitro groups is 1. The monoisotopic (exact) mass is 435 g/mol. The maximum atomic E-state index is 13.1. The number of hydrogen-bond acceptors (Lipinski definition) is 6. The summed E-state index contributed by atoms with van der Waals surface area (Å²) in [7, 11) is 0. The van der Waals surface area contributed by atoms with Crippen LogP contribution in [0, 0.1) is 39.6 Å². The molecule has 0 radical (unpaired) electrons. The number of carbonyl (C=O) groups excluding carboxylic acids is 2. The zero-order valence-corrected chi connectivity index (χ0v) is 16.8. The van der Waals surface area contributed by atoms with Crippen molar-refractivity contribution in [3.63, 3.8) is 0 Å². The van der Waals surface area contributed by atoms with E-state index in [1.54, 1.807) is 12.1 Å². The molecule has 9 heteroatoms. The third-order valence-corrected chi connectivity index (χ3v) is 6.27. The van der Waals surface area contributed by atoms with Gasteiger partial charge in [-0.05, 0) is 42.0 Å². The van der Waals surface area contributed by atoms with Crippen molar-refractivity contribution in [2.24, 2.45) is 28.8 Å². The third-order valence-electron chi connectivity index (χ3n) is 6.27. The fourth-order valence-corrected chi connectivity index (χ4v) is 4.74. The minimum atomic E-state index is -0.555. The lowest BCUT2D eigenvalue weighted by atomic mass is 9.85. The van der Waals surface area contributed by atoms with Gasteiger partial charge in [-0.15, -0.1) is 0 Å². The predicted molar refractivity (Wildman–Crippen MR) is 111 cm³/mol. The summed E-state index contributed by atoms with van der Waals surface area (Å²) in [5, 5.41) is 16.2. The summed E-state index contributed by atoms with van der Waals surface area (Å²) in [6, 6.07) is 9.72. The Hall–Kier alpha value is -3.88. The van der Waals surface area contributed by atoms with Crippen molar-refractivity contribution in [2.75, 3.05) is 0 Å². The molecule has 1 heterocycles. The van der Waals surface area contributed by atoms with Crippen molar-refractivity contribution < 1.29 is 23.6 Å². The van der Waals surface area contributed by atoms with Crippen LogP contribution in [0.4, 0.5) is 10.1 Å². The number of carbonyl (C=O) groups is 2. The Balaban J connectivity index is 1.39. The summed E-state index contributed by atoms with van der Waals surface area (Å²) >= 11 is 0. The molecule has 2 bridgehead atoms. The second-order valence-electron chi connectivity index (χ2n) is 8.13. The van der Waals surface area contributed by atoms with Crippen molar-refractivity contribution in [3.05, 3.63) is 81.7 Å². The highest BCUT2D eigenvalue weighted by Gasteiger charge is 2.59. The van der Waals surface area contributed by atoms with Gasteiger partial charge in [0.1, 0.15) is 18.2 Å². The molecule has 0 spiro atoms. The number of hydrogen-bond donors (Lipinski definition) is 0. The smallest absolute Gasteiger partial charge is 0.270 e. The number of nitro benzene ring substituents is 1. The van der Waals surface area contributed by atoms with Crippen molar-refractivity contribution >= 4 is 23.7 Å². The van der Waals surface area contributed by atoms with Gasteiger partial charge in [0.25, 0.3) is 17.5 Å². The van der Waals surface area contributed by atoms with Gasteiger partial charge in [0.2, 0.25) is 0 Å². The third kappa shape index (κ3) is 3.35. The number of rotatable bonds is 6. The molecule has 4 atom stereocenters. The van der Waals surface area contributed by atoms with Gasteiger partial charge in [-0.1, -0.05) is 24.3 Å². The van der Waals surface area contributed by atoms with E-state index in [9.17, 15) is 24.1 Å². The Kier molecular flexibility index (Phi) is 4.80. The highest BCUT2D eigenvalue weighted by Crippen LogP contribution is 2.52. The van der Waals surface area contributed by atoms with Gasteiger partial charge in [0.15, 0.2) is 0 Å². The molecule has 1 saturated carbocycles. The summed E-state index contributed by atoms with van der Waals surface area (Å²) in [6.45, 7) is 0.0969. The van der Waals surface area contributed by atoms with E-state index in [0.29, 0.717) is 5.56 Å². The maximum Gasteiger partial charge on any atom is 0.270 e. The first kappa shape index (κ1) is 20.0. The van der Waals surface area contributed by atoms with E-state index in [2.05, 4.69) is 5.10 Å². The fraction of sp³-hybridized carbons (Fsp3) is 0.261. The molecule has 162 valence electrons. The van der Waals surface area contributed by atoms with Gasteiger partial charge in [-0.3, -0.25) is 19.7 Å². The van der Waals surface area contributed by atoms with Crippen LogP contribution in [0.15, 0.2) is 59.7 Å². The summed E-state index contributed by atoms with van der Waals surface area (Å²) in [4.78, 5) is 36.2. The van der Waals surface area contributed by atoms with Crippen molar-refractivity contribution in [2.45, 2.75) is 13.0 Å². The van der Waals surface area contributed by atoms with E-state index in [-0.39, 0.29) is 64.9 Å². The van der Waals surface area contributed by atoms with E-state index < -0.39 is 4.92 Å². The lowest BCUT2D eigenvalue weighted by molar-refractivity contribution is -0.384. The molecule has 2 aliphatic carbocycles. The molecule has 32 heavy (non-hydrogen) atoms. The van der Waals surface area contributed by atoms with Crippen LogP contribution in [0.25, 0.3) is 0 Å². The molecule has 2 aromatic rings. The molecule has 0 N–H and O–H groups in total. The van der Waals surface area contributed by atoms with E-state index >= 15 is 0 Å². The average molecular weight is 435 g/mol. The van der Waals surface area contributed by atoms with Gasteiger partial charge in [0, 0.05) is 17.7 Å². The molecular formula is C23H18FN3O5. The molecule has 8 nitrogen and oxygen atoms in total. The predicted octanol–water partition coefficient (Wildman–Crippen LogP) is 3.45. The van der Waals surface area contributed by atoms with Crippen molar-refractivity contribution in [1.82, 2.24) is 5.01 Å². The van der Waals surface area contributed by atoms with E-state index in [0.717, 1.165) is 11.4 Å². The number of imide groups is 1. The number of halogens is 1. The van der Waals surface area contributed by atoms with Crippen LogP contribution >= 0.6 is 0 Å². The molecule has 1 saturated heterocycles. The number of nitrogens with zero attached hydrogens (tertiary/aromatic N) is 3. The maximum absolute atomic E-state index is 13.1. The van der Waals surface area contributed by atoms with Crippen LogP contribution in [0.5, 0.6) is 5.75 Å². The molecule has 2 amide bonds. The van der Waals surface area contributed by atoms with Gasteiger partial charge in [-0.25, -0.2) is 4.39 Å². The first-order chi connectivity index (χ1) is 15.4. The topological polar surface area (TPSA) is 102 Å². The number of ether oxygens (including phenoxy) is 1. The van der Waals surface area contributed by atoms with Crippen LogP contribution in [-0.4, -0.2) is 28.0 Å². The number of benzene rings is 2. The quantitative estimate of drug-likeness (QED) is 0.227. The number of hydrazone groups is 1. The number of non-ortho nitro benzene ring substituents is 1. The standard InChI is InChI=1S/C23H18FN3O5/c24-17-5-1-13(2-6-17)12-32-19-8-7-18(27(30)31)10-16(19)11-25-26-22(28)20-14-3-4-15(9-14)21(20)23(26)29/h1-8,10-11,14-15,20-21H,9,12H2. The fourth-order valence-electron chi connectivity index (χ4n) is 4.74. The molecule has 5 rings (SSSR count). The lowest BCUT2D eigenvalue weighted by Crippen LogP contribution is -2.28. The van der Waals surface area contributed by atoms with Gasteiger partial charge in [-0.2, -0.15) is 10.1 Å². The molecule has 0 aromatic heterocycles. The van der Waals surface area contributed by atoms with Crippen molar-refractivity contribution in [1.29, 1.82) is 0 Å². The highest BCUT2D eigenvalue weighted by molar-refractivity contribution is 6.07. The van der Waals surface area contributed by atoms with Crippen LogP contribution in [0.1, 0.15) is 17.5 Å². The zero-order valence-electron chi connectivity index (χ0n) is 16.8. The molecule has 4 unspecified atom stereocenters. The Morgan fingerprint density at radius 1 is 1.09 bits per heavy atom. The van der Waals surface area contributed by atoms with E-state index in [1.807, 2.05) is 12.2 Å². The Labute approximate surface area is 182 Å². The van der Waals surface area contributed by atoms with E-state index in [4.69, 9.17) is 4.74 Å². The Bertz CT molecular complexity index is 1150. The Morgan fingerprint density at radius 2 is 1.75 bits per heavy atom. The number of allylic oxidation sites excluding steroid dienone is 2. The summed E-state index contributed by atoms with van der Waals surface area (Å²) < 4.78 is 18.8. The molecule has 1 aliphatic heterocycles. The first-order valence-corrected chi connectivity index (χ1v) is 10.2. The minimum Gasteiger partial charge on any atom is -0.488 e. The highest BCUT2D eigenvalue weighted by atomic mass is 19.1. The SMILES string of the molecule is O=C1C2C3C=CC(C3)C2C(=O)N1N=Cc1cc([N+](=O)[O-])ccc1OCc1ccc(F)cc1. The average Bonchev–Trinajstić information content (AvgIpc) is 3.46. The summed E-state index contributed by atoms with van der Waals surface area (Å²) in [5.74, 6) is -1.40. The number of amides is 2. The minimum absolute atomic E-state index is 0.0640. The van der Waals surface area contributed by atoms with Crippen LogP contribution in [-0.2, 0) is 16.2 Å². The Morgan fingerprint density at radius 3 is 2.38 bits per heavy atom. The largest absolute Gasteiger partial charge is 0.488 e. The van der Waals surface area contributed by atoms with Gasteiger partial charge < -0.3 is 4.74 Å². The molecule has 3 aliphatic rings. The lowest BCUT2D eigenvalue weighted by Gasteiger charge is -2.13. The second-order valence-corrected chi connectivity index (χ2v) is 8.13. The van der Waals surface area contributed by atoms with Crippen LogP contribution in [0.3, 0.4) is 0 Å². The van der Waals surface area contributed by atoms with Gasteiger partial charge >= 0.3 is 0 Å². The molecular weight excluding hydrogens is 417 g/mol. The van der Waals surface area contributed by atoms with Gasteiger partial charge in [0.05, 0.1) is 23.0 Å². The van der Waals surface area contributed by atoms with E-state index in [1.165, 1.54) is 36.5 Å². The number of fused-ring (bicyclic) bond motifs is 5. The second kappa shape index (κ2) is 7.67. The summed E-state index contributed by atoms with van der Waals surface area (Å²) in [6.07, 6.45) is 6.04. The van der Waals surface area contributed by atoms with Crippen molar-refractivity contribution in [3.8, 4) is 5.75 Å². The van der Waals surface area contributed by atoms with Crippen LogP contribution in [0.2, 0.25) is 0 Å². The normalized spacial score (nSPS) is 25.7. The summed E-state index contributed by atoms with van der Waals surface area (Å²) in [5.41, 5.74) is 0.771. The molecule has 2 fully saturated rings.